The molecule has 19 heavy (non-hydrogen) atoms. The maximum Gasteiger partial charge on any atom is 0.328 e. The van der Waals surface area contributed by atoms with Crippen molar-refractivity contribution >= 4 is 27.8 Å². The van der Waals surface area contributed by atoms with E-state index in [2.05, 4.69) is 0 Å². The minimum absolute atomic E-state index is 0.168. The highest BCUT2D eigenvalue weighted by molar-refractivity contribution is 7.93. The second kappa shape index (κ2) is 5.05. The van der Waals surface area contributed by atoms with Gasteiger partial charge in [-0.25, -0.2) is 13.2 Å². The van der Waals surface area contributed by atoms with Gasteiger partial charge in [0.1, 0.15) is 0 Å². The molecule has 0 bridgehead atoms. The molecule has 0 spiro atoms. The third kappa shape index (κ3) is 2.96. The van der Waals surface area contributed by atoms with Crippen molar-refractivity contribution in [1.82, 2.24) is 0 Å². The van der Waals surface area contributed by atoms with Crippen LogP contribution in [-0.2, 0) is 14.8 Å². The minimum atomic E-state index is -3.22. The number of sulfonamides is 1. The number of carbonyl (C=O) groups is 1. The zero-order valence-electron chi connectivity index (χ0n) is 10.5. The van der Waals surface area contributed by atoms with E-state index in [4.69, 9.17) is 5.11 Å². The molecule has 1 heterocycles. The van der Waals surface area contributed by atoms with Crippen LogP contribution in [0.2, 0.25) is 0 Å². The summed E-state index contributed by atoms with van der Waals surface area (Å²) < 4.78 is 25.2. The maximum absolute atomic E-state index is 11.9. The van der Waals surface area contributed by atoms with E-state index in [0.29, 0.717) is 24.2 Å². The van der Waals surface area contributed by atoms with Crippen molar-refractivity contribution in [3.63, 3.8) is 0 Å². The summed E-state index contributed by atoms with van der Waals surface area (Å²) in [6.07, 6.45) is 3.11. The summed E-state index contributed by atoms with van der Waals surface area (Å²) in [7, 11) is -3.22. The van der Waals surface area contributed by atoms with Crippen molar-refractivity contribution in [2.24, 2.45) is 0 Å². The smallest absolute Gasteiger partial charge is 0.328 e. The normalized spacial score (nSPS) is 18.1. The fraction of sp³-hybridized carbons (Fsp3) is 0.308. The molecule has 1 saturated heterocycles. The molecule has 1 fully saturated rings. The molecule has 0 unspecified atom stereocenters. The summed E-state index contributed by atoms with van der Waals surface area (Å²) in [5, 5.41) is 8.60. The molecular formula is C13H15NO4S. The predicted octanol–water partition coefficient (Wildman–Crippen LogP) is 1.63. The zero-order chi connectivity index (χ0) is 14.0. The number of carboxylic acid groups (broad SMARTS) is 1. The van der Waals surface area contributed by atoms with Gasteiger partial charge in [0.2, 0.25) is 10.0 Å². The van der Waals surface area contributed by atoms with E-state index in [9.17, 15) is 13.2 Å². The molecule has 1 aromatic carbocycles. The third-order valence-electron chi connectivity index (χ3n) is 3.02. The highest BCUT2D eigenvalue weighted by Gasteiger charge is 2.29. The number of hydrogen-bond donors (Lipinski definition) is 1. The molecule has 1 aliphatic heterocycles. The Kier molecular flexibility index (Phi) is 3.61. The summed E-state index contributed by atoms with van der Waals surface area (Å²) in [5.74, 6) is -0.863. The van der Waals surface area contributed by atoms with Crippen molar-refractivity contribution in [3.8, 4) is 0 Å². The monoisotopic (exact) mass is 281 g/mol. The number of rotatable bonds is 3. The van der Waals surface area contributed by atoms with Gasteiger partial charge in [-0.1, -0.05) is 12.1 Å². The number of carboxylic acids is 1. The standard InChI is InChI=1S/C13H15NO4S/c1-10-3-4-11(5-6-13(15)16)9-12(10)14-7-2-8-19(14,17)18/h3-6,9H,2,7-8H2,1H3,(H,15,16). The lowest BCUT2D eigenvalue weighted by atomic mass is 10.1. The van der Waals surface area contributed by atoms with E-state index in [1.165, 1.54) is 10.4 Å². The van der Waals surface area contributed by atoms with Crippen LogP contribution in [0.15, 0.2) is 24.3 Å². The summed E-state index contributed by atoms with van der Waals surface area (Å²) in [6, 6.07) is 5.27. The lowest BCUT2D eigenvalue weighted by Gasteiger charge is -2.19. The van der Waals surface area contributed by atoms with E-state index >= 15 is 0 Å². The van der Waals surface area contributed by atoms with Crippen LogP contribution >= 0.6 is 0 Å². The molecule has 0 saturated carbocycles. The lowest BCUT2D eigenvalue weighted by Crippen LogP contribution is -2.25. The molecule has 1 aliphatic rings. The van der Waals surface area contributed by atoms with Crippen LogP contribution < -0.4 is 4.31 Å². The molecule has 0 amide bonds. The fourth-order valence-electron chi connectivity index (χ4n) is 2.08. The van der Waals surface area contributed by atoms with E-state index in [1.807, 2.05) is 6.92 Å². The molecule has 5 nitrogen and oxygen atoms in total. The second-order valence-electron chi connectivity index (χ2n) is 4.46. The Labute approximate surface area is 112 Å². The first-order valence-electron chi connectivity index (χ1n) is 5.92. The molecule has 0 aliphatic carbocycles. The number of nitrogens with zero attached hydrogens (tertiary/aromatic N) is 1. The molecule has 6 heteroatoms. The average molecular weight is 281 g/mol. The van der Waals surface area contributed by atoms with E-state index in [1.54, 1.807) is 18.2 Å². The zero-order valence-corrected chi connectivity index (χ0v) is 11.4. The Balaban J connectivity index is 2.40. The van der Waals surface area contributed by atoms with Crippen molar-refractivity contribution in [2.75, 3.05) is 16.6 Å². The van der Waals surface area contributed by atoms with Crippen molar-refractivity contribution in [2.45, 2.75) is 13.3 Å². The second-order valence-corrected chi connectivity index (χ2v) is 6.47. The number of aryl methyl sites for hydroxylation is 1. The van der Waals surface area contributed by atoms with Crippen molar-refractivity contribution in [3.05, 3.63) is 35.4 Å². The third-order valence-corrected chi connectivity index (χ3v) is 4.87. The summed E-state index contributed by atoms with van der Waals surface area (Å²) in [5.41, 5.74) is 2.16. The van der Waals surface area contributed by atoms with Crippen LogP contribution in [0, 0.1) is 6.92 Å². The summed E-state index contributed by atoms with van der Waals surface area (Å²) in [4.78, 5) is 10.5. The van der Waals surface area contributed by atoms with Crippen molar-refractivity contribution in [1.29, 1.82) is 0 Å². The topological polar surface area (TPSA) is 74.7 Å². The first kappa shape index (κ1) is 13.6. The van der Waals surface area contributed by atoms with Gasteiger partial charge in [-0.2, -0.15) is 0 Å². The largest absolute Gasteiger partial charge is 0.478 e. The Morgan fingerprint density at radius 1 is 1.42 bits per heavy atom. The highest BCUT2D eigenvalue weighted by Crippen LogP contribution is 2.28. The molecule has 0 atom stereocenters. The average Bonchev–Trinajstić information content (AvgIpc) is 2.68. The van der Waals surface area contributed by atoms with Gasteiger partial charge in [-0.15, -0.1) is 0 Å². The molecule has 1 N–H and O–H groups in total. The predicted molar refractivity (Wildman–Crippen MR) is 73.6 cm³/mol. The number of anilines is 1. The molecule has 2 rings (SSSR count). The summed E-state index contributed by atoms with van der Waals surface area (Å²) >= 11 is 0. The van der Waals surface area contributed by atoms with E-state index < -0.39 is 16.0 Å². The Morgan fingerprint density at radius 3 is 2.74 bits per heavy atom. The molecule has 0 radical (unpaired) electrons. The summed E-state index contributed by atoms with van der Waals surface area (Å²) in [6.45, 7) is 2.32. The SMILES string of the molecule is Cc1ccc(C=CC(=O)O)cc1N1CCCS1(=O)=O. The highest BCUT2D eigenvalue weighted by atomic mass is 32.2. The maximum atomic E-state index is 11.9. The Morgan fingerprint density at radius 2 is 2.16 bits per heavy atom. The van der Waals surface area contributed by atoms with E-state index in [0.717, 1.165) is 11.6 Å². The Hall–Kier alpha value is -1.82. The molecule has 102 valence electrons. The van der Waals surface area contributed by atoms with Crippen molar-refractivity contribution < 1.29 is 18.3 Å². The molecule has 1 aromatic rings. The first-order valence-corrected chi connectivity index (χ1v) is 7.53. The van der Waals surface area contributed by atoms with Gasteiger partial charge >= 0.3 is 5.97 Å². The van der Waals surface area contributed by atoms with Gasteiger partial charge in [0.25, 0.3) is 0 Å². The minimum Gasteiger partial charge on any atom is -0.478 e. The van der Waals surface area contributed by atoms with Crippen LogP contribution in [0.5, 0.6) is 0 Å². The number of aliphatic carboxylic acids is 1. The van der Waals surface area contributed by atoms with Crippen LogP contribution in [0.4, 0.5) is 5.69 Å². The lowest BCUT2D eigenvalue weighted by molar-refractivity contribution is -0.131. The molecule has 0 aromatic heterocycles. The fourth-order valence-corrected chi connectivity index (χ4v) is 3.69. The molecular weight excluding hydrogens is 266 g/mol. The van der Waals surface area contributed by atoms with E-state index in [-0.39, 0.29) is 5.75 Å². The number of benzene rings is 1. The van der Waals surface area contributed by atoms with Gasteiger partial charge in [0.05, 0.1) is 11.4 Å². The van der Waals surface area contributed by atoms with Gasteiger partial charge in [-0.05, 0) is 36.6 Å². The first-order chi connectivity index (χ1) is 8.90. The van der Waals surface area contributed by atoms with Gasteiger partial charge < -0.3 is 5.11 Å². The van der Waals surface area contributed by atoms with Crippen LogP contribution in [0.3, 0.4) is 0 Å². The number of hydrogen-bond acceptors (Lipinski definition) is 3. The quantitative estimate of drug-likeness (QED) is 0.855. The van der Waals surface area contributed by atoms with Gasteiger partial charge in [-0.3, -0.25) is 4.31 Å². The van der Waals surface area contributed by atoms with Gasteiger partial charge in [0, 0.05) is 12.6 Å². The van der Waals surface area contributed by atoms with Crippen LogP contribution in [-0.4, -0.2) is 31.8 Å². The Bertz CT molecular complexity index is 634. The van der Waals surface area contributed by atoms with Crippen LogP contribution in [0.1, 0.15) is 17.5 Å². The van der Waals surface area contributed by atoms with Crippen LogP contribution in [0.25, 0.3) is 6.08 Å². The van der Waals surface area contributed by atoms with Gasteiger partial charge in [0.15, 0.2) is 0 Å².